The van der Waals surface area contributed by atoms with Crippen molar-refractivity contribution >= 4 is 21.7 Å². The van der Waals surface area contributed by atoms with E-state index in [1.807, 2.05) is 13.8 Å². The zero-order valence-corrected chi connectivity index (χ0v) is 19.7. The Bertz CT molecular complexity index is 1170. The van der Waals surface area contributed by atoms with Gasteiger partial charge >= 0.3 is 5.97 Å². The molecule has 0 fully saturated rings. The van der Waals surface area contributed by atoms with Crippen molar-refractivity contribution in [2.24, 2.45) is 0 Å². The van der Waals surface area contributed by atoms with E-state index in [0.717, 1.165) is 12.0 Å². The Morgan fingerprint density at radius 3 is 2.15 bits per heavy atom. The number of ether oxygens (including phenoxy) is 3. The molecule has 3 aromatic carbocycles. The molecule has 0 saturated carbocycles. The highest BCUT2D eigenvalue weighted by Gasteiger charge is 2.21. The van der Waals surface area contributed by atoms with Crippen molar-refractivity contribution in [2.45, 2.75) is 25.2 Å². The number of aryl methyl sites for hydroxylation is 1. The lowest BCUT2D eigenvalue weighted by molar-refractivity contribution is -0.136. The maximum atomic E-state index is 12.8. The normalized spacial score (nSPS) is 11.0. The second kappa shape index (κ2) is 10.9. The minimum atomic E-state index is -3.69. The number of hydrogen-bond acceptors (Lipinski definition) is 6. The van der Waals surface area contributed by atoms with Gasteiger partial charge in [-0.2, -0.15) is 0 Å². The quantitative estimate of drug-likeness (QED) is 0.319. The summed E-state index contributed by atoms with van der Waals surface area (Å²) in [5, 5.41) is 0. The smallest absolute Gasteiger partial charge is 0.349 e. The summed E-state index contributed by atoms with van der Waals surface area (Å²) >= 11 is 0. The third-order valence-electron chi connectivity index (χ3n) is 4.77. The van der Waals surface area contributed by atoms with Gasteiger partial charge in [0.25, 0.3) is 10.0 Å². The molecular weight excluding hydrogens is 442 g/mol. The Kier molecular flexibility index (Phi) is 7.95. The zero-order chi connectivity index (χ0) is 23.8. The van der Waals surface area contributed by atoms with Crippen LogP contribution in [0.5, 0.6) is 17.2 Å². The van der Waals surface area contributed by atoms with Gasteiger partial charge in [0.05, 0.1) is 17.2 Å². The van der Waals surface area contributed by atoms with Crippen molar-refractivity contribution < 1.29 is 27.4 Å². The number of hydrogen-bond donors (Lipinski definition) is 0. The van der Waals surface area contributed by atoms with Crippen LogP contribution in [-0.2, 0) is 14.8 Å². The minimum Gasteiger partial charge on any atom is -0.490 e. The van der Waals surface area contributed by atoms with E-state index in [-0.39, 0.29) is 11.5 Å². The van der Waals surface area contributed by atoms with Gasteiger partial charge in [-0.15, -0.1) is 0 Å². The number of para-hydroxylation sites is 2. The number of sulfonamides is 1. The lowest BCUT2D eigenvalue weighted by Gasteiger charge is -2.20. The second-order valence-electron chi connectivity index (χ2n) is 7.34. The number of carbonyl (C=O) groups excluding carboxylic acids is 1. The Hall–Kier alpha value is -3.52. The topological polar surface area (TPSA) is 82.1 Å². The predicted molar refractivity (Wildman–Crippen MR) is 127 cm³/mol. The fourth-order valence-electron chi connectivity index (χ4n) is 2.92. The van der Waals surface area contributed by atoms with Gasteiger partial charge in [-0.1, -0.05) is 36.8 Å². The third-order valence-corrected chi connectivity index (χ3v) is 6.57. The van der Waals surface area contributed by atoms with Crippen molar-refractivity contribution in [1.29, 1.82) is 0 Å². The van der Waals surface area contributed by atoms with Crippen molar-refractivity contribution in [1.82, 2.24) is 0 Å². The van der Waals surface area contributed by atoms with Crippen LogP contribution >= 0.6 is 0 Å². The summed E-state index contributed by atoms with van der Waals surface area (Å²) in [4.78, 5) is 12.4. The summed E-state index contributed by atoms with van der Waals surface area (Å²) in [6.07, 6.45) is 0.836. The lowest BCUT2D eigenvalue weighted by atomic mass is 10.2. The van der Waals surface area contributed by atoms with Crippen LogP contribution in [0.1, 0.15) is 18.9 Å². The molecule has 0 aliphatic rings. The predicted octanol–water partition coefficient (Wildman–Crippen LogP) is 4.59. The van der Waals surface area contributed by atoms with Gasteiger partial charge in [0.15, 0.2) is 18.1 Å². The van der Waals surface area contributed by atoms with Crippen molar-refractivity contribution in [2.75, 3.05) is 24.6 Å². The van der Waals surface area contributed by atoms with E-state index in [0.29, 0.717) is 29.5 Å². The maximum absolute atomic E-state index is 12.8. The molecule has 0 spiro atoms. The molecule has 0 atom stereocenters. The summed E-state index contributed by atoms with van der Waals surface area (Å²) in [7, 11) is -2.20. The highest BCUT2D eigenvalue weighted by molar-refractivity contribution is 7.92. The van der Waals surface area contributed by atoms with Gasteiger partial charge in [0, 0.05) is 7.05 Å². The molecule has 0 unspecified atom stereocenters. The van der Waals surface area contributed by atoms with Gasteiger partial charge in [-0.3, -0.25) is 4.31 Å². The van der Waals surface area contributed by atoms with Crippen molar-refractivity contribution in [3.05, 3.63) is 78.4 Å². The van der Waals surface area contributed by atoms with Crippen LogP contribution in [0.15, 0.2) is 77.7 Å². The molecule has 0 amide bonds. The van der Waals surface area contributed by atoms with E-state index in [1.165, 1.54) is 11.4 Å². The largest absolute Gasteiger partial charge is 0.490 e. The van der Waals surface area contributed by atoms with Gasteiger partial charge < -0.3 is 14.2 Å². The first kappa shape index (κ1) is 24.1. The molecule has 3 rings (SSSR count). The highest BCUT2D eigenvalue weighted by Crippen LogP contribution is 2.27. The molecule has 3 aromatic rings. The van der Waals surface area contributed by atoms with E-state index in [2.05, 4.69) is 0 Å². The monoisotopic (exact) mass is 469 g/mol. The number of anilines is 1. The average Bonchev–Trinajstić information content (AvgIpc) is 2.82. The maximum Gasteiger partial charge on any atom is 0.349 e. The Labute approximate surface area is 194 Å². The van der Waals surface area contributed by atoms with Crippen LogP contribution in [0.2, 0.25) is 0 Å². The first-order valence-electron chi connectivity index (χ1n) is 10.5. The van der Waals surface area contributed by atoms with Crippen LogP contribution in [0.25, 0.3) is 0 Å². The Morgan fingerprint density at radius 1 is 0.879 bits per heavy atom. The van der Waals surface area contributed by atoms with E-state index in [9.17, 15) is 13.2 Å². The SMILES string of the molecule is CCCOc1ccccc1OC(=O)COc1ccc(N(C)S(=O)(=O)c2ccc(C)cc2)cc1. The second-order valence-corrected chi connectivity index (χ2v) is 9.31. The van der Waals surface area contributed by atoms with Crippen LogP contribution in [0, 0.1) is 6.92 Å². The Morgan fingerprint density at radius 2 is 1.52 bits per heavy atom. The van der Waals surface area contributed by atoms with Gasteiger partial charge in [0.1, 0.15) is 5.75 Å². The van der Waals surface area contributed by atoms with E-state index < -0.39 is 16.0 Å². The number of rotatable bonds is 10. The molecule has 7 nitrogen and oxygen atoms in total. The lowest BCUT2D eigenvalue weighted by Crippen LogP contribution is -2.26. The molecule has 33 heavy (non-hydrogen) atoms. The molecule has 0 bridgehead atoms. The van der Waals surface area contributed by atoms with Gasteiger partial charge in [-0.25, -0.2) is 13.2 Å². The molecule has 0 N–H and O–H groups in total. The summed E-state index contributed by atoms with van der Waals surface area (Å²) in [5.41, 5.74) is 1.45. The first-order valence-corrected chi connectivity index (χ1v) is 12.0. The van der Waals surface area contributed by atoms with Crippen LogP contribution < -0.4 is 18.5 Å². The van der Waals surface area contributed by atoms with Crippen LogP contribution in [0.3, 0.4) is 0 Å². The van der Waals surface area contributed by atoms with Gasteiger partial charge in [-0.05, 0) is 61.9 Å². The molecule has 8 heteroatoms. The fourth-order valence-corrected chi connectivity index (χ4v) is 4.12. The van der Waals surface area contributed by atoms with Crippen molar-refractivity contribution in [3.8, 4) is 17.2 Å². The highest BCUT2D eigenvalue weighted by atomic mass is 32.2. The standard InChI is InChI=1S/C25H27NO6S/c1-4-17-30-23-7-5-6-8-24(23)32-25(27)18-31-21-13-11-20(12-14-21)26(3)33(28,29)22-15-9-19(2)10-16-22/h5-16H,4,17-18H2,1-3H3. The summed E-state index contributed by atoms with van der Waals surface area (Å²) in [6, 6.07) is 20.0. The van der Waals surface area contributed by atoms with Crippen molar-refractivity contribution in [3.63, 3.8) is 0 Å². The van der Waals surface area contributed by atoms with E-state index in [4.69, 9.17) is 14.2 Å². The average molecular weight is 470 g/mol. The molecule has 0 heterocycles. The summed E-state index contributed by atoms with van der Waals surface area (Å²) < 4.78 is 43.3. The number of carbonyl (C=O) groups is 1. The van der Waals surface area contributed by atoms with E-state index in [1.54, 1.807) is 72.8 Å². The molecular formula is C25H27NO6S. The van der Waals surface area contributed by atoms with Crippen LogP contribution in [0.4, 0.5) is 5.69 Å². The van der Waals surface area contributed by atoms with Gasteiger partial charge in [0.2, 0.25) is 0 Å². The summed E-state index contributed by atoms with van der Waals surface area (Å²) in [6.45, 7) is 4.10. The van der Waals surface area contributed by atoms with Crippen LogP contribution in [-0.4, -0.2) is 34.6 Å². The first-order chi connectivity index (χ1) is 15.8. The number of esters is 1. The molecule has 0 aromatic heterocycles. The molecule has 0 saturated heterocycles. The molecule has 0 radical (unpaired) electrons. The fraction of sp³-hybridized carbons (Fsp3) is 0.240. The third kappa shape index (κ3) is 6.26. The molecule has 0 aliphatic carbocycles. The molecule has 174 valence electrons. The van der Waals surface area contributed by atoms with E-state index >= 15 is 0 Å². The summed E-state index contributed by atoms with van der Waals surface area (Å²) in [5.74, 6) is 0.658. The number of benzene rings is 3. The minimum absolute atomic E-state index is 0.210. The molecule has 0 aliphatic heterocycles. The zero-order valence-electron chi connectivity index (χ0n) is 18.9. The number of nitrogens with zero attached hydrogens (tertiary/aromatic N) is 1. The Balaban J connectivity index is 1.60.